The number of primary amides is 1. The Labute approximate surface area is 189 Å². The van der Waals surface area contributed by atoms with Gasteiger partial charge in [-0.2, -0.15) is 0 Å². The minimum absolute atomic E-state index is 0.411. The van der Waals surface area contributed by atoms with Crippen LogP contribution in [-0.2, 0) is 18.7 Å². The highest BCUT2D eigenvalue weighted by Gasteiger charge is 2.20. The molecule has 0 atom stereocenters. The number of carbonyl (C=O) groups is 1. The smallest absolute Gasteiger partial charge is 0.249 e. The Morgan fingerprint density at radius 3 is 2.32 bits per heavy atom. The summed E-state index contributed by atoms with van der Waals surface area (Å²) in [6.07, 6.45) is 0.893. The third-order valence-corrected chi connectivity index (χ3v) is 6.46. The summed E-state index contributed by atoms with van der Waals surface area (Å²) < 4.78 is 0. The van der Waals surface area contributed by atoms with Crippen LogP contribution < -0.4 is 11.5 Å². The molecule has 162 valence electrons. The molecule has 3 aromatic rings. The summed E-state index contributed by atoms with van der Waals surface area (Å²) in [5.41, 5.74) is 20.3. The Morgan fingerprint density at radius 2 is 1.71 bits per heavy atom. The molecular weight excluding hydrogens is 402 g/mol. The van der Waals surface area contributed by atoms with Crippen LogP contribution in [0, 0.1) is 19.8 Å². The van der Waals surface area contributed by atoms with E-state index in [2.05, 4.69) is 52.0 Å². The lowest BCUT2D eigenvalue weighted by molar-refractivity contribution is 0.0997. The van der Waals surface area contributed by atoms with Crippen molar-refractivity contribution in [2.75, 3.05) is 0 Å². The second-order valence-electron chi connectivity index (χ2n) is 8.29. The van der Waals surface area contributed by atoms with Gasteiger partial charge < -0.3 is 11.5 Å². The van der Waals surface area contributed by atoms with Gasteiger partial charge in [0.15, 0.2) is 0 Å². The first-order valence-corrected chi connectivity index (χ1v) is 11.6. The van der Waals surface area contributed by atoms with E-state index < -0.39 is 5.91 Å². The van der Waals surface area contributed by atoms with Crippen molar-refractivity contribution >= 4 is 17.7 Å². The van der Waals surface area contributed by atoms with E-state index in [0.29, 0.717) is 23.8 Å². The first-order chi connectivity index (χ1) is 14.8. The number of carbonyl (C=O) groups excluding carboxylic acids is 1. The van der Waals surface area contributed by atoms with Gasteiger partial charge in [-0.3, -0.25) is 9.78 Å². The van der Waals surface area contributed by atoms with E-state index in [1.165, 1.54) is 11.1 Å². The molecule has 1 aromatic heterocycles. The van der Waals surface area contributed by atoms with Crippen molar-refractivity contribution in [3.8, 4) is 11.1 Å². The highest BCUT2D eigenvalue weighted by atomic mass is 32.2. The molecule has 2 aromatic carbocycles. The predicted octanol–water partition coefficient (Wildman–Crippen LogP) is 5.41. The molecule has 0 saturated carbocycles. The lowest BCUT2D eigenvalue weighted by atomic mass is 9.90. The minimum Gasteiger partial charge on any atom is -0.366 e. The zero-order valence-corrected chi connectivity index (χ0v) is 19.6. The summed E-state index contributed by atoms with van der Waals surface area (Å²) >= 11 is 1.61. The Kier molecular flexibility index (Phi) is 7.52. The zero-order valence-electron chi connectivity index (χ0n) is 18.7. The fourth-order valence-electron chi connectivity index (χ4n) is 3.81. The van der Waals surface area contributed by atoms with E-state index in [0.717, 1.165) is 39.4 Å². The summed E-state index contributed by atoms with van der Waals surface area (Å²) in [5.74, 6) is 0.763. The van der Waals surface area contributed by atoms with Crippen molar-refractivity contribution < 1.29 is 4.79 Å². The molecule has 1 amide bonds. The molecule has 0 unspecified atom stereocenters. The Morgan fingerprint density at radius 1 is 1.03 bits per heavy atom. The zero-order chi connectivity index (χ0) is 22.5. The van der Waals surface area contributed by atoms with Gasteiger partial charge in [-0.15, -0.1) is 11.8 Å². The molecular formula is C26H31N3OS. The maximum absolute atomic E-state index is 11.8. The quantitative estimate of drug-likeness (QED) is 0.465. The summed E-state index contributed by atoms with van der Waals surface area (Å²) in [5, 5.41) is 0. The number of rotatable bonds is 8. The van der Waals surface area contributed by atoms with Crippen LogP contribution in [0.25, 0.3) is 11.1 Å². The molecule has 0 fully saturated rings. The Balaban J connectivity index is 2.12. The van der Waals surface area contributed by atoms with Gasteiger partial charge in [-0.05, 0) is 60.6 Å². The van der Waals surface area contributed by atoms with Gasteiger partial charge in [0.2, 0.25) is 5.91 Å². The molecule has 1 heterocycles. The standard InChI is InChI=1S/C26H31N3OS/c1-16(2)13-23-21(14-27)25(19-11-9-17(3)10-12-19)22(18(4)29-23)15-31-24-8-6-5-7-20(24)26(28)30/h5-12,16H,13-15,27H2,1-4H3,(H2,28,30). The van der Waals surface area contributed by atoms with Crippen molar-refractivity contribution in [2.24, 2.45) is 17.4 Å². The molecule has 0 aliphatic rings. The van der Waals surface area contributed by atoms with E-state index in [-0.39, 0.29) is 0 Å². The summed E-state index contributed by atoms with van der Waals surface area (Å²) in [6, 6.07) is 16.1. The maximum atomic E-state index is 11.8. The van der Waals surface area contributed by atoms with Crippen LogP contribution in [0.1, 0.15) is 52.3 Å². The average molecular weight is 434 g/mol. The molecule has 0 radical (unpaired) electrons. The van der Waals surface area contributed by atoms with Crippen molar-refractivity contribution in [2.45, 2.75) is 51.3 Å². The number of hydrogen-bond acceptors (Lipinski definition) is 4. The number of thioether (sulfide) groups is 1. The fraction of sp³-hybridized carbons (Fsp3) is 0.308. The second kappa shape index (κ2) is 10.1. The molecule has 4 N–H and O–H groups in total. The van der Waals surface area contributed by atoms with E-state index >= 15 is 0 Å². The van der Waals surface area contributed by atoms with Crippen LogP contribution in [0.4, 0.5) is 0 Å². The fourth-order valence-corrected chi connectivity index (χ4v) is 4.96. The molecule has 0 saturated heterocycles. The summed E-state index contributed by atoms with van der Waals surface area (Å²) in [4.78, 5) is 17.7. The molecule has 4 nitrogen and oxygen atoms in total. The van der Waals surface area contributed by atoms with Crippen LogP contribution in [0.2, 0.25) is 0 Å². The monoisotopic (exact) mass is 433 g/mol. The van der Waals surface area contributed by atoms with Crippen LogP contribution in [-0.4, -0.2) is 10.9 Å². The van der Waals surface area contributed by atoms with Gasteiger partial charge in [0.1, 0.15) is 0 Å². The molecule has 0 spiro atoms. The SMILES string of the molecule is Cc1ccc(-c2c(CSc3ccccc3C(N)=O)c(C)nc(CC(C)C)c2CN)cc1. The van der Waals surface area contributed by atoms with E-state index in [1.807, 2.05) is 18.2 Å². The van der Waals surface area contributed by atoms with Crippen LogP contribution in [0.5, 0.6) is 0 Å². The number of nitrogens with two attached hydrogens (primary N) is 2. The number of hydrogen-bond donors (Lipinski definition) is 2. The van der Waals surface area contributed by atoms with Crippen molar-refractivity contribution in [3.05, 3.63) is 82.2 Å². The Hall–Kier alpha value is -2.63. The largest absolute Gasteiger partial charge is 0.366 e. The van der Waals surface area contributed by atoms with E-state index in [4.69, 9.17) is 16.5 Å². The van der Waals surface area contributed by atoms with E-state index in [9.17, 15) is 4.79 Å². The predicted molar refractivity (Wildman–Crippen MR) is 130 cm³/mol. The molecule has 0 bridgehead atoms. The van der Waals surface area contributed by atoms with Gasteiger partial charge >= 0.3 is 0 Å². The molecule has 3 rings (SSSR count). The number of pyridine rings is 1. The van der Waals surface area contributed by atoms with Crippen molar-refractivity contribution in [3.63, 3.8) is 0 Å². The van der Waals surface area contributed by atoms with Crippen LogP contribution in [0.3, 0.4) is 0 Å². The van der Waals surface area contributed by atoms with Gasteiger partial charge in [-0.25, -0.2) is 0 Å². The van der Waals surface area contributed by atoms with Gasteiger partial charge in [0.05, 0.1) is 5.56 Å². The van der Waals surface area contributed by atoms with Crippen LogP contribution in [0.15, 0.2) is 53.4 Å². The summed E-state index contributed by atoms with van der Waals surface area (Å²) in [6.45, 7) is 9.00. The lowest BCUT2D eigenvalue weighted by Crippen LogP contribution is -2.13. The molecule has 0 aliphatic heterocycles. The number of nitrogens with zero attached hydrogens (tertiary/aromatic N) is 1. The number of aromatic nitrogens is 1. The average Bonchev–Trinajstić information content (AvgIpc) is 2.73. The highest BCUT2D eigenvalue weighted by Crippen LogP contribution is 2.36. The topological polar surface area (TPSA) is 82.0 Å². The van der Waals surface area contributed by atoms with Crippen molar-refractivity contribution in [1.82, 2.24) is 4.98 Å². The normalized spacial score (nSPS) is 11.2. The van der Waals surface area contributed by atoms with Gasteiger partial charge in [0, 0.05) is 28.6 Å². The third-order valence-electron chi connectivity index (χ3n) is 5.36. The van der Waals surface area contributed by atoms with Gasteiger partial charge in [0.25, 0.3) is 0 Å². The van der Waals surface area contributed by atoms with Crippen LogP contribution >= 0.6 is 11.8 Å². The molecule has 31 heavy (non-hydrogen) atoms. The molecule has 0 aliphatic carbocycles. The number of benzene rings is 2. The highest BCUT2D eigenvalue weighted by molar-refractivity contribution is 7.98. The molecule has 5 heteroatoms. The number of aryl methyl sites for hydroxylation is 2. The van der Waals surface area contributed by atoms with Crippen molar-refractivity contribution in [1.29, 1.82) is 0 Å². The first-order valence-electron chi connectivity index (χ1n) is 10.6. The first kappa shape index (κ1) is 23.0. The Bertz CT molecular complexity index is 1070. The van der Waals surface area contributed by atoms with E-state index in [1.54, 1.807) is 17.8 Å². The third kappa shape index (κ3) is 5.35. The maximum Gasteiger partial charge on any atom is 0.249 e. The number of amides is 1. The lowest BCUT2D eigenvalue weighted by Gasteiger charge is -2.21. The summed E-state index contributed by atoms with van der Waals surface area (Å²) in [7, 11) is 0. The minimum atomic E-state index is -0.411. The second-order valence-corrected chi connectivity index (χ2v) is 9.31. The van der Waals surface area contributed by atoms with Gasteiger partial charge in [-0.1, -0.05) is 55.8 Å².